The van der Waals surface area contributed by atoms with Crippen molar-refractivity contribution in [3.05, 3.63) is 41.4 Å². The van der Waals surface area contributed by atoms with Gasteiger partial charge in [-0.2, -0.15) is 5.10 Å². The van der Waals surface area contributed by atoms with Gasteiger partial charge in [-0.15, -0.1) is 0 Å². The van der Waals surface area contributed by atoms with E-state index in [1.165, 1.54) is 30.6 Å². The Kier molecular flexibility index (Phi) is 3.95. The third-order valence-electron chi connectivity index (χ3n) is 2.24. The Balaban J connectivity index is 1.97. The van der Waals surface area contributed by atoms with E-state index in [4.69, 9.17) is 11.6 Å². The van der Waals surface area contributed by atoms with Crippen molar-refractivity contribution in [2.24, 2.45) is 0 Å². The average Bonchev–Trinajstić information content (AvgIpc) is 2.82. The van der Waals surface area contributed by atoms with Gasteiger partial charge in [-0.1, -0.05) is 11.6 Å². The summed E-state index contributed by atoms with van der Waals surface area (Å²) in [5.74, 6) is 0.633. The van der Waals surface area contributed by atoms with Crippen molar-refractivity contribution < 1.29 is 8.42 Å². The summed E-state index contributed by atoms with van der Waals surface area (Å²) in [5.41, 5.74) is 0. The van der Waals surface area contributed by atoms with Gasteiger partial charge in [0, 0.05) is 18.0 Å². The van der Waals surface area contributed by atoms with Gasteiger partial charge in [-0.25, -0.2) is 18.1 Å². The van der Waals surface area contributed by atoms with Crippen molar-refractivity contribution in [2.75, 3.05) is 6.54 Å². The molecule has 0 bridgehead atoms. The van der Waals surface area contributed by atoms with Gasteiger partial charge in [-0.05, 0) is 24.3 Å². The fraction of sp³-hybridized carbons (Fsp3) is 0.200. The topological polar surface area (TPSA) is 87.7 Å². The van der Waals surface area contributed by atoms with Gasteiger partial charge in [0.1, 0.15) is 12.2 Å². The Morgan fingerprint density at radius 1 is 1.28 bits per heavy atom. The number of H-pyrrole nitrogens is 1. The van der Waals surface area contributed by atoms with Crippen molar-refractivity contribution in [2.45, 2.75) is 11.3 Å². The molecule has 0 amide bonds. The molecule has 96 valence electrons. The molecular weight excluding hydrogens is 276 g/mol. The zero-order valence-electron chi connectivity index (χ0n) is 9.30. The molecule has 1 aromatic carbocycles. The fourth-order valence-corrected chi connectivity index (χ4v) is 2.51. The predicted octanol–water partition coefficient (Wildman–Crippen LogP) is 0.979. The molecule has 0 aliphatic heterocycles. The zero-order valence-corrected chi connectivity index (χ0v) is 10.9. The number of hydrogen-bond donors (Lipinski definition) is 2. The van der Waals surface area contributed by atoms with Gasteiger partial charge in [0.25, 0.3) is 0 Å². The first-order chi connectivity index (χ1) is 8.58. The molecule has 1 aromatic heterocycles. The van der Waals surface area contributed by atoms with Crippen LogP contribution in [0.25, 0.3) is 0 Å². The van der Waals surface area contributed by atoms with Gasteiger partial charge in [0.2, 0.25) is 10.0 Å². The van der Waals surface area contributed by atoms with Gasteiger partial charge >= 0.3 is 0 Å². The van der Waals surface area contributed by atoms with E-state index in [2.05, 4.69) is 19.9 Å². The number of halogens is 1. The molecule has 0 aliphatic carbocycles. The molecule has 2 rings (SSSR count). The zero-order chi connectivity index (χ0) is 13.0. The third kappa shape index (κ3) is 3.28. The molecule has 0 spiro atoms. The largest absolute Gasteiger partial charge is 0.263 e. The second kappa shape index (κ2) is 5.47. The lowest BCUT2D eigenvalue weighted by atomic mass is 10.4. The summed E-state index contributed by atoms with van der Waals surface area (Å²) in [6.45, 7) is 0.250. The van der Waals surface area contributed by atoms with Crippen LogP contribution in [0.5, 0.6) is 0 Å². The smallest absolute Gasteiger partial charge is 0.240 e. The van der Waals surface area contributed by atoms with Crippen molar-refractivity contribution in [3.8, 4) is 0 Å². The number of benzene rings is 1. The van der Waals surface area contributed by atoms with Crippen LogP contribution in [0.1, 0.15) is 5.82 Å². The quantitative estimate of drug-likeness (QED) is 0.857. The highest BCUT2D eigenvalue weighted by Crippen LogP contribution is 2.13. The van der Waals surface area contributed by atoms with Crippen molar-refractivity contribution >= 4 is 21.6 Å². The van der Waals surface area contributed by atoms with Crippen LogP contribution in [-0.2, 0) is 16.4 Å². The lowest BCUT2D eigenvalue weighted by Gasteiger charge is -2.05. The number of rotatable bonds is 5. The summed E-state index contributed by atoms with van der Waals surface area (Å²) < 4.78 is 26.2. The van der Waals surface area contributed by atoms with E-state index >= 15 is 0 Å². The summed E-state index contributed by atoms with van der Waals surface area (Å²) in [6, 6.07) is 5.98. The van der Waals surface area contributed by atoms with Gasteiger partial charge < -0.3 is 0 Å². The molecule has 8 heteroatoms. The summed E-state index contributed by atoms with van der Waals surface area (Å²) in [5, 5.41) is 6.83. The van der Waals surface area contributed by atoms with Crippen LogP contribution >= 0.6 is 11.6 Å². The molecule has 0 saturated heterocycles. The molecule has 0 fully saturated rings. The highest BCUT2D eigenvalue weighted by molar-refractivity contribution is 7.89. The van der Waals surface area contributed by atoms with E-state index in [0.29, 0.717) is 17.3 Å². The lowest BCUT2D eigenvalue weighted by molar-refractivity contribution is 0.581. The molecular formula is C10H11ClN4O2S. The number of sulfonamides is 1. The minimum atomic E-state index is -3.50. The maximum absolute atomic E-state index is 11.9. The standard InChI is InChI=1S/C10H11ClN4O2S/c11-8-1-3-9(4-2-8)18(16,17)14-6-5-10-12-7-13-15-10/h1-4,7,14H,5-6H2,(H,12,13,15). The van der Waals surface area contributed by atoms with Crippen LogP contribution in [-0.4, -0.2) is 30.1 Å². The first kappa shape index (κ1) is 13.0. The van der Waals surface area contributed by atoms with Gasteiger partial charge in [-0.3, -0.25) is 5.10 Å². The summed E-state index contributed by atoms with van der Waals surface area (Å²) in [7, 11) is -3.50. The molecule has 2 aromatic rings. The molecule has 0 radical (unpaired) electrons. The van der Waals surface area contributed by atoms with Gasteiger partial charge in [0.05, 0.1) is 4.90 Å². The van der Waals surface area contributed by atoms with E-state index in [0.717, 1.165) is 0 Å². The normalized spacial score (nSPS) is 11.6. The monoisotopic (exact) mass is 286 g/mol. The average molecular weight is 287 g/mol. The minimum absolute atomic E-state index is 0.185. The Morgan fingerprint density at radius 3 is 2.61 bits per heavy atom. The second-order valence-electron chi connectivity index (χ2n) is 3.53. The van der Waals surface area contributed by atoms with E-state index in [9.17, 15) is 8.42 Å². The maximum Gasteiger partial charge on any atom is 0.240 e. The minimum Gasteiger partial charge on any atom is -0.263 e. The van der Waals surface area contributed by atoms with E-state index < -0.39 is 10.0 Å². The van der Waals surface area contributed by atoms with E-state index in [-0.39, 0.29) is 11.4 Å². The van der Waals surface area contributed by atoms with Crippen LogP contribution in [0.3, 0.4) is 0 Å². The number of nitrogens with zero attached hydrogens (tertiary/aromatic N) is 2. The van der Waals surface area contributed by atoms with Crippen molar-refractivity contribution in [3.63, 3.8) is 0 Å². The SMILES string of the molecule is O=S(=O)(NCCc1ncn[nH]1)c1ccc(Cl)cc1. The Bertz CT molecular complexity index is 595. The van der Waals surface area contributed by atoms with Gasteiger partial charge in [0.15, 0.2) is 0 Å². The molecule has 0 atom stereocenters. The number of nitrogens with one attached hydrogen (secondary N) is 2. The number of aromatic amines is 1. The second-order valence-corrected chi connectivity index (χ2v) is 5.74. The summed E-state index contributed by atoms with van der Waals surface area (Å²) in [6.07, 6.45) is 1.83. The fourth-order valence-electron chi connectivity index (χ4n) is 1.35. The van der Waals surface area contributed by atoms with E-state index in [1.54, 1.807) is 0 Å². The van der Waals surface area contributed by atoms with Crippen LogP contribution in [0.2, 0.25) is 5.02 Å². The summed E-state index contributed by atoms with van der Waals surface area (Å²) in [4.78, 5) is 4.09. The van der Waals surface area contributed by atoms with Crippen molar-refractivity contribution in [1.82, 2.24) is 19.9 Å². The maximum atomic E-state index is 11.9. The predicted molar refractivity (Wildman–Crippen MR) is 66.7 cm³/mol. The number of hydrogen-bond acceptors (Lipinski definition) is 4. The lowest BCUT2D eigenvalue weighted by Crippen LogP contribution is -2.26. The van der Waals surface area contributed by atoms with Crippen LogP contribution in [0, 0.1) is 0 Å². The molecule has 2 N–H and O–H groups in total. The molecule has 18 heavy (non-hydrogen) atoms. The Morgan fingerprint density at radius 2 is 2.00 bits per heavy atom. The first-order valence-corrected chi connectivity index (χ1v) is 7.03. The Labute approximate surface area is 109 Å². The molecule has 0 aliphatic rings. The van der Waals surface area contributed by atoms with Crippen LogP contribution < -0.4 is 4.72 Å². The highest BCUT2D eigenvalue weighted by Gasteiger charge is 2.13. The molecule has 6 nitrogen and oxygen atoms in total. The Hall–Kier alpha value is -1.44. The van der Waals surface area contributed by atoms with E-state index in [1.807, 2.05) is 0 Å². The third-order valence-corrected chi connectivity index (χ3v) is 3.97. The van der Waals surface area contributed by atoms with Crippen molar-refractivity contribution in [1.29, 1.82) is 0 Å². The molecule has 0 unspecified atom stereocenters. The van der Waals surface area contributed by atoms with Crippen LogP contribution in [0.4, 0.5) is 0 Å². The number of aromatic nitrogens is 3. The van der Waals surface area contributed by atoms with Crippen LogP contribution in [0.15, 0.2) is 35.5 Å². The molecule has 1 heterocycles. The summed E-state index contributed by atoms with van der Waals surface area (Å²) >= 11 is 5.70. The highest BCUT2D eigenvalue weighted by atomic mass is 35.5. The first-order valence-electron chi connectivity index (χ1n) is 5.17. The molecule has 0 saturated carbocycles.